The molecule has 0 aromatic heterocycles. The van der Waals surface area contributed by atoms with E-state index in [0.29, 0.717) is 18.6 Å². The number of carbonyl (C=O) groups is 2. The molecule has 0 bridgehead atoms. The summed E-state index contributed by atoms with van der Waals surface area (Å²) in [4.78, 5) is 22.2. The minimum Gasteiger partial charge on any atom is -0.477 e. The molecule has 1 unspecified atom stereocenters. The van der Waals surface area contributed by atoms with Gasteiger partial charge >= 0.3 is 5.97 Å². The highest BCUT2D eigenvalue weighted by molar-refractivity contribution is 5.76. The molecule has 0 fully saturated rings. The smallest absolute Gasteiger partial charge is 0.348 e. The first-order valence-corrected chi connectivity index (χ1v) is 6.09. The van der Waals surface area contributed by atoms with Crippen LogP contribution in [0, 0.1) is 0 Å². The SMILES string of the molecule is COC(=O)C(CN)Oc1ccc(CCC(C)=O)cc1. The second-order valence-corrected chi connectivity index (χ2v) is 4.21. The Kier molecular flexibility index (Phi) is 6.02. The third kappa shape index (κ3) is 5.09. The summed E-state index contributed by atoms with van der Waals surface area (Å²) in [6, 6.07) is 7.23. The Morgan fingerprint density at radius 2 is 1.89 bits per heavy atom. The van der Waals surface area contributed by atoms with Gasteiger partial charge in [0.15, 0.2) is 0 Å². The number of benzene rings is 1. The van der Waals surface area contributed by atoms with E-state index in [0.717, 1.165) is 5.56 Å². The maximum atomic E-state index is 11.3. The molecule has 0 aliphatic carbocycles. The van der Waals surface area contributed by atoms with Crippen LogP contribution in [0.4, 0.5) is 0 Å². The fourth-order valence-corrected chi connectivity index (χ4v) is 1.54. The van der Waals surface area contributed by atoms with Crippen molar-refractivity contribution in [2.24, 2.45) is 5.73 Å². The van der Waals surface area contributed by atoms with Crippen molar-refractivity contribution in [3.8, 4) is 5.75 Å². The molecular weight excluding hydrogens is 246 g/mol. The molecule has 104 valence electrons. The zero-order chi connectivity index (χ0) is 14.3. The Morgan fingerprint density at radius 3 is 2.37 bits per heavy atom. The van der Waals surface area contributed by atoms with E-state index in [4.69, 9.17) is 10.5 Å². The monoisotopic (exact) mass is 265 g/mol. The molecule has 1 rings (SSSR count). The lowest BCUT2D eigenvalue weighted by Gasteiger charge is -2.15. The molecule has 0 heterocycles. The zero-order valence-corrected chi connectivity index (χ0v) is 11.2. The number of rotatable bonds is 7. The molecule has 0 aliphatic rings. The van der Waals surface area contributed by atoms with Crippen LogP contribution in [-0.4, -0.2) is 31.5 Å². The number of esters is 1. The lowest BCUT2D eigenvalue weighted by Crippen LogP contribution is -2.35. The van der Waals surface area contributed by atoms with Crippen LogP contribution in [0.5, 0.6) is 5.75 Å². The van der Waals surface area contributed by atoms with E-state index < -0.39 is 12.1 Å². The number of hydrogen-bond acceptors (Lipinski definition) is 5. The van der Waals surface area contributed by atoms with Crippen molar-refractivity contribution in [2.45, 2.75) is 25.9 Å². The van der Waals surface area contributed by atoms with Crippen molar-refractivity contribution in [2.75, 3.05) is 13.7 Å². The second-order valence-electron chi connectivity index (χ2n) is 4.21. The minimum absolute atomic E-state index is 0.0543. The lowest BCUT2D eigenvalue weighted by atomic mass is 10.1. The zero-order valence-electron chi connectivity index (χ0n) is 11.2. The van der Waals surface area contributed by atoms with Crippen LogP contribution in [0.25, 0.3) is 0 Å². The van der Waals surface area contributed by atoms with Gasteiger partial charge in [-0.15, -0.1) is 0 Å². The number of Topliss-reactive ketones (excluding diaryl/α,β-unsaturated/α-hetero) is 1. The van der Waals surface area contributed by atoms with E-state index in [9.17, 15) is 9.59 Å². The molecular formula is C14H19NO4. The quantitative estimate of drug-likeness (QED) is 0.746. The largest absolute Gasteiger partial charge is 0.477 e. The van der Waals surface area contributed by atoms with Gasteiger partial charge in [0.25, 0.3) is 0 Å². The van der Waals surface area contributed by atoms with Crippen LogP contribution in [0.1, 0.15) is 18.9 Å². The van der Waals surface area contributed by atoms with Crippen molar-refractivity contribution in [3.05, 3.63) is 29.8 Å². The fourth-order valence-electron chi connectivity index (χ4n) is 1.54. The highest BCUT2D eigenvalue weighted by atomic mass is 16.6. The van der Waals surface area contributed by atoms with Gasteiger partial charge in [0.2, 0.25) is 6.10 Å². The summed E-state index contributed by atoms with van der Waals surface area (Å²) in [5.41, 5.74) is 6.49. The molecule has 2 N–H and O–H groups in total. The maximum absolute atomic E-state index is 11.3. The Balaban J connectivity index is 2.60. The summed E-state index contributed by atoms with van der Waals surface area (Å²) in [5.74, 6) is 0.213. The summed E-state index contributed by atoms with van der Waals surface area (Å²) in [5, 5.41) is 0. The van der Waals surface area contributed by atoms with E-state index in [-0.39, 0.29) is 12.3 Å². The summed E-state index contributed by atoms with van der Waals surface area (Å²) in [6.45, 7) is 1.62. The third-order valence-corrected chi connectivity index (χ3v) is 2.65. The van der Waals surface area contributed by atoms with Gasteiger partial charge in [0, 0.05) is 13.0 Å². The number of carbonyl (C=O) groups excluding carboxylic acids is 2. The maximum Gasteiger partial charge on any atom is 0.348 e. The van der Waals surface area contributed by atoms with E-state index in [1.807, 2.05) is 12.1 Å². The molecule has 19 heavy (non-hydrogen) atoms. The first kappa shape index (κ1) is 15.2. The average Bonchev–Trinajstić information content (AvgIpc) is 2.42. The van der Waals surface area contributed by atoms with Crippen molar-refractivity contribution in [3.63, 3.8) is 0 Å². The summed E-state index contributed by atoms with van der Waals surface area (Å²) in [7, 11) is 1.29. The van der Waals surface area contributed by atoms with E-state index in [1.165, 1.54) is 7.11 Å². The fraction of sp³-hybridized carbons (Fsp3) is 0.429. The normalized spacial score (nSPS) is 11.7. The standard InChI is InChI=1S/C14H19NO4/c1-10(16)3-4-11-5-7-12(8-6-11)19-13(9-15)14(17)18-2/h5-8,13H,3-4,9,15H2,1-2H3. The molecule has 0 amide bonds. The highest BCUT2D eigenvalue weighted by Gasteiger charge is 2.18. The van der Waals surface area contributed by atoms with Crippen LogP contribution in [0.2, 0.25) is 0 Å². The van der Waals surface area contributed by atoms with Crippen LogP contribution in [0.15, 0.2) is 24.3 Å². The molecule has 0 saturated carbocycles. The van der Waals surface area contributed by atoms with Gasteiger partial charge < -0.3 is 20.0 Å². The Hall–Kier alpha value is -1.88. The van der Waals surface area contributed by atoms with E-state index >= 15 is 0 Å². The van der Waals surface area contributed by atoms with Gasteiger partial charge in [0.05, 0.1) is 7.11 Å². The van der Waals surface area contributed by atoms with Crippen LogP contribution >= 0.6 is 0 Å². The van der Waals surface area contributed by atoms with Gasteiger partial charge in [-0.1, -0.05) is 12.1 Å². The molecule has 5 nitrogen and oxygen atoms in total. The number of nitrogens with two attached hydrogens (primary N) is 1. The van der Waals surface area contributed by atoms with Gasteiger partial charge in [-0.2, -0.15) is 0 Å². The number of aryl methyl sites for hydroxylation is 1. The topological polar surface area (TPSA) is 78.6 Å². The van der Waals surface area contributed by atoms with Crippen molar-refractivity contribution in [1.82, 2.24) is 0 Å². The lowest BCUT2D eigenvalue weighted by molar-refractivity contribution is -0.148. The van der Waals surface area contributed by atoms with E-state index in [2.05, 4.69) is 4.74 Å². The molecule has 5 heteroatoms. The average molecular weight is 265 g/mol. The second kappa shape index (κ2) is 7.53. The van der Waals surface area contributed by atoms with Crippen LogP contribution in [-0.2, 0) is 20.7 Å². The summed E-state index contributed by atoms with van der Waals surface area (Å²) >= 11 is 0. The first-order valence-electron chi connectivity index (χ1n) is 6.09. The van der Waals surface area contributed by atoms with Crippen molar-refractivity contribution in [1.29, 1.82) is 0 Å². The Labute approximate surface area is 112 Å². The summed E-state index contributed by atoms with van der Waals surface area (Å²) < 4.78 is 10.0. The molecule has 0 spiro atoms. The van der Waals surface area contributed by atoms with Crippen LogP contribution < -0.4 is 10.5 Å². The van der Waals surface area contributed by atoms with Gasteiger partial charge in [-0.3, -0.25) is 0 Å². The van der Waals surface area contributed by atoms with Crippen molar-refractivity contribution >= 4 is 11.8 Å². The Bertz CT molecular complexity index is 428. The van der Waals surface area contributed by atoms with Crippen LogP contribution in [0.3, 0.4) is 0 Å². The predicted molar refractivity (Wildman–Crippen MR) is 70.9 cm³/mol. The first-order chi connectivity index (χ1) is 9.06. The molecule has 1 aromatic rings. The molecule has 1 aromatic carbocycles. The Morgan fingerprint density at radius 1 is 1.26 bits per heavy atom. The van der Waals surface area contributed by atoms with Gasteiger partial charge in [-0.25, -0.2) is 4.79 Å². The minimum atomic E-state index is -0.798. The third-order valence-electron chi connectivity index (χ3n) is 2.65. The molecule has 1 atom stereocenters. The summed E-state index contributed by atoms with van der Waals surface area (Å²) in [6.07, 6.45) is 0.425. The van der Waals surface area contributed by atoms with E-state index in [1.54, 1.807) is 19.1 Å². The van der Waals surface area contributed by atoms with Gasteiger partial charge in [-0.05, 0) is 31.0 Å². The van der Waals surface area contributed by atoms with Crippen molar-refractivity contribution < 1.29 is 19.1 Å². The number of ether oxygens (including phenoxy) is 2. The number of ketones is 1. The number of hydrogen-bond donors (Lipinski definition) is 1. The predicted octanol–water partition coefficient (Wildman–Crippen LogP) is 1.09. The molecule has 0 aliphatic heterocycles. The molecule has 0 saturated heterocycles. The number of methoxy groups -OCH3 is 1. The molecule has 0 radical (unpaired) electrons. The van der Waals surface area contributed by atoms with Gasteiger partial charge in [0.1, 0.15) is 11.5 Å². The highest BCUT2D eigenvalue weighted by Crippen LogP contribution is 2.15.